The molecular formula is C21H27FN4O. The maximum Gasteiger partial charge on any atom is 0.272 e. The summed E-state index contributed by atoms with van der Waals surface area (Å²) in [6, 6.07) is 8.38. The molecule has 0 radical (unpaired) electrons. The minimum Gasteiger partial charge on any atom is -0.332 e. The molecule has 2 atom stereocenters. The third kappa shape index (κ3) is 3.16. The van der Waals surface area contributed by atoms with Crippen LogP contribution in [0.4, 0.5) is 4.39 Å². The molecule has 1 aromatic carbocycles. The van der Waals surface area contributed by atoms with E-state index in [1.165, 1.54) is 12.5 Å². The number of rotatable bonds is 2. The third-order valence-electron chi connectivity index (χ3n) is 6.49. The van der Waals surface area contributed by atoms with Gasteiger partial charge in [-0.3, -0.25) is 14.8 Å². The van der Waals surface area contributed by atoms with Crippen LogP contribution >= 0.6 is 0 Å². The fourth-order valence-electron chi connectivity index (χ4n) is 4.76. The summed E-state index contributed by atoms with van der Waals surface area (Å²) in [4.78, 5) is 17.7. The predicted octanol–water partition coefficient (Wildman–Crippen LogP) is 3.69. The van der Waals surface area contributed by atoms with E-state index >= 15 is 0 Å². The van der Waals surface area contributed by atoms with Gasteiger partial charge < -0.3 is 4.90 Å². The molecule has 4 rings (SSSR count). The first-order valence-corrected chi connectivity index (χ1v) is 9.83. The zero-order valence-electron chi connectivity index (χ0n) is 16.0. The standard InChI is InChI=1S/C21H27FN4O/c1-21-11-7-13-26(19(21)10-5-6-12-25(21)2)20(27)18-14-17(23-24-18)15-8-3-4-9-16(15)22/h3-4,8-9,14,19H,5-7,10-13H2,1-2H3,(H,23,24)/t19-,21-/m0/s1. The van der Waals surface area contributed by atoms with Gasteiger partial charge in [-0.15, -0.1) is 0 Å². The van der Waals surface area contributed by atoms with Crippen LogP contribution in [0.3, 0.4) is 0 Å². The van der Waals surface area contributed by atoms with E-state index in [9.17, 15) is 9.18 Å². The van der Waals surface area contributed by atoms with Crippen molar-refractivity contribution in [2.45, 2.75) is 50.6 Å². The summed E-state index contributed by atoms with van der Waals surface area (Å²) in [6.07, 6.45) is 5.45. The molecule has 2 saturated heterocycles. The van der Waals surface area contributed by atoms with Gasteiger partial charge in [0.1, 0.15) is 11.5 Å². The highest BCUT2D eigenvalue weighted by Crippen LogP contribution is 2.38. The van der Waals surface area contributed by atoms with E-state index in [0.717, 1.165) is 38.8 Å². The number of aromatic amines is 1. The molecule has 1 amide bonds. The summed E-state index contributed by atoms with van der Waals surface area (Å²) in [6.45, 7) is 4.14. The van der Waals surface area contributed by atoms with E-state index in [1.807, 2.05) is 4.90 Å². The molecular weight excluding hydrogens is 343 g/mol. The molecule has 0 spiro atoms. The molecule has 0 bridgehead atoms. The lowest BCUT2D eigenvalue weighted by Gasteiger charge is -2.51. The molecule has 1 aromatic heterocycles. The van der Waals surface area contributed by atoms with Gasteiger partial charge in [-0.05, 0) is 64.4 Å². The van der Waals surface area contributed by atoms with Gasteiger partial charge >= 0.3 is 0 Å². The lowest BCUT2D eigenvalue weighted by atomic mass is 9.80. The van der Waals surface area contributed by atoms with Crippen molar-refractivity contribution in [2.75, 3.05) is 20.1 Å². The van der Waals surface area contributed by atoms with E-state index in [4.69, 9.17) is 0 Å². The Labute approximate surface area is 159 Å². The smallest absolute Gasteiger partial charge is 0.272 e. The fraction of sp³-hybridized carbons (Fsp3) is 0.524. The van der Waals surface area contributed by atoms with Crippen LogP contribution in [0.2, 0.25) is 0 Å². The maximum atomic E-state index is 14.0. The van der Waals surface area contributed by atoms with Gasteiger partial charge in [0.2, 0.25) is 0 Å². The molecule has 2 fully saturated rings. The van der Waals surface area contributed by atoms with Crippen molar-refractivity contribution in [3.8, 4) is 11.3 Å². The van der Waals surface area contributed by atoms with E-state index in [-0.39, 0.29) is 23.3 Å². The molecule has 0 saturated carbocycles. The Kier molecular flexibility index (Phi) is 4.76. The summed E-state index contributed by atoms with van der Waals surface area (Å²) in [7, 11) is 2.18. The second kappa shape index (κ2) is 7.08. The normalized spacial score (nSPS) is 26.5. The molecule has 2 aliphatic heterocycles. The highest BCUT2D eigenvalue weighted by molar-refractivity contribution is 5.93. The van der Waals surface area contributed by atoms with Crippen molar-refractivity contribution in [3.63, 3.8) is 0 Å². The second-order valence-electron chi connectivity index (χ2n) is 8.04. The van der Waals surface area contributed by atoms with Gasteiger partial charge in [-0.2, -0.15) is 5.10 Å². The van der Waals surface area contributed by atoms with Crippen LogP contribution < -0.4 is 0 Å². The number of likely N-dealkylation sites (N-methyl/N-ethyl adjacent to an activating group) is 1. The molecule has 6 heteroatoms. The number of benzene rings is 1. The molecule has 144 valence electrons. The summed E-state index contributed by atoms with van der Waals surface area (Å²) in [5.74, 6) is -0.366. The number of carbonyl (C=O) groups excluding carboxylic acids is 1. The number of hydrogen-bond acceptors (Lipinski definition) is 3. The van der Waals surface area contributed by atoms with Crippen molar-refractivity contribution >= 4 is 5.91 Å². The van der Waals surface area contributed by atoms with E-state index in [2.05, 4.69) is 29.1 Å². The summed E-state index contributed by atoms with van der Waals surface area (Å²) < 4.78 is 14.0. The molecule has 3 heterocycles. The van der Waals surface area contributed by atoms with E-state index in [0.29, 0.717) is 17.0 Å². The number of halogens is 1. The number of carbonyl (C=O) groups is 1. The van der Waals surface area contributed by atoms with Gasteiger partial charge in [-0.25, -0.2) is 4.39 Å². The van der Waals surface area contributed by atoms with Gasteiger partial charge in [0.15, 0.2) is 0 Å². The minimum atomic E-state index is -0.334. The Hall–Kier alpha value is -2.21. The largest absolute Gasteiger partial charge is 0.332 e. The molecule has 2 aromatic rings. The second-order valence-corrected chi connectivity index (χ2v) is 8.04. The molecule has 0 aliphatic carbocycles. The number of nitrogens with zero attached hydrogens (tertiary/aromatic N) is 3. The Morgan fingerprint density at radius 3 is 2.89 bits per heavy atom. The summed E-state index contributed by atoms with van der Waals surface area (Å²) in [5.41, 5.74) is 1.32. The number of piperidine rings is 1. The predicted molar refractivity (Wildman–Crippen MR) is 103 cm³/mol. The van der Waals surface area contributed by atoms with Gasteiger partial charge in [0.25, 0.3) is 5.91 Å². The highest BCUT2D eigenvalue weighted by atomic mass is 19.1. The molecule has 0 unspecified atom stereocenters. The SMILES string of the molecule is CN1CCCC[C@@H]2N(C(=O)c3cc(-c4ccccc4F)n[nH]3)CCC[C@@]21C. The number of fused-ring (bicyclic) bond motifs is 1. The number of aromatic nitrogens is 2. The van der Waals surface area contributed by atoms with Crippen LogP contribution in [0, 0.1) is 5.82 Å². The van der Waals surface area contributed by atoms with Crippen molar-refractivity contribution in [1.82, 2.24) is 20.0 Å². The third-order valence-corrected chi connectivity index (χ3v) is 6.49. The van der Waals surface area contributed by atoms with Crippen molar-refractivity contribution in [1.29, 1.82) is 0 Å². The Morgan fingerprint density at radius 2 is 2.07 bits per heavy atom. The van der Waals surface area contributed by atoms with Crippen molar-refractivity contribution in [2.24, 2.45) is 0 Å². The van der Waals surface area contributed by atoms with E-state index in [1.54, 1.807) is 24.3 Å². The number of H-pyrrole nitrogens is 1. The average molecular weight is 370 g/mol. The Morgan fingerprint density at radius 1 is 1.26 bits per heavy atom. The van der Waals surface area contributed by atoms with Crippen molar-refractivity contribution < 1.29 is 9.18 Å². The first kappa shape index (κ1) is 18.2. The van der Waals surface area contributed by atoms with Crippen LogP contribution in [0.5, 0.6) is 0 Å². The highest BCUT2D eigenvalue weighted by Gasteiger charge is 2.46. The van der Waals surface area contributed by atoms with Crippen LogP contribution in [0.25, 0.3) is 11.3 Å². The summed E-state index contributed by atoms with van der Waals surface area (Å²) in [5, 5.41) is 7.04. The first-order valence-electron chi connectivity index (χ1n) is 9.83. The zero-order valence-corrected chi connectivity index (χ0v) is 16.0. The average Bonchev–Trinajstić information content (AvgIpc) is 3.09. The monoisotopic (exact) mass is 370 g/mol. The Bertz CT molecular complexity index is 835. The molecule has 27 heavy (non-hydrogen) atoms. The van der Waals surface area contributed by atoms with Crippen molar-refractivity contribution in [3.05, 3.63) is 41.8 Å². The van der Waals surface area contributed by atoms with Crippen LogP contribution in [0.1, 0.15) is 49.5 Å². The van der Waals surface area contributed by atoms with Gasteiger partial charge in [0, 0.05) is 17.6 Å². The topological polar surface area (TPSA) is 52.2 Å². The minimum absolute atomic E-state index is 0.0127. The number of nitrogens with one attached hydrogen (secondary N) is 1. The summed E-state index contributed by atoms with van der Waals surface area (Å²) >= 11 is 0. The van der Waals surface area contributed by atoms with Crippen LogP contribution in [-0.4, -0.2) is 57.6 Å². The van der Waals surface area contributed by atoms with Gasteiger partial charge in [-0.1, -0.05) is 18.6 Å². The molecule has 1 N–H and O–H groups in total. The number of likely N-dealkylation sites (tertiary alicyclic amines) is 2. The molecule has 2 aliphatic rings. The number of hydrogen-bond donors (Lipinski definition) is 1. The zero-order chi connectivity index (χ0) is 19.0. The quantitative estimate of drug-likeness (QED) is 0.877. The number of amides is 1. The van der Waals surface area contributed by atoms with E-state index < -0.39 is 0 Å². The lowest BCUT2D eigenvalue weighted by Crippen LogP contribution is -2.63. The van der Waals surface area contributed by atoms with Crippen LogP contribution in [-0.2, 0) is 0 Å². The van der Waals surface area contributed by atoms with Gasteiger partial charge in [0.05, 0.1) is 11.7 Å². The first-order chi connectivity index (χ1) is 13.0. The fourth-order valence-corrected chi connectivity index (χ4v) is 4.76. The lowest BCUT2D eigenvalue weighted by molar-refractivity contribution is -0.00366. The van der Waals surface area contributed by atoms with Crippen LogP contribution in [0.15, 0.2) is 30.3 Å². The maximum absolute atomic E-state index is 14.0. The molecule has 5 nitrogen and oxygen atoms in total. The Balaban J connectivity index is 1.62.